The summed E-state index contributed by atoms with van der Waals surface area (Å²) in [5.41, 5.74) is 9.02. The third-order valence-electron chi connectivity index (χ3n) is 7.22. The SMILES string of the molecule is CC[C@H]1CN(c2ccc(CCN)cc2Br)CCN1C1CCN(Cc2ccc(Cl)cc2F)CC1. The van der Waals surface area contributed by atoms with Crippen molar-refractivity contribution in [2.75, 3.05) is 44.2 Å². The van der Waals surface area contributed by atoms with Crippen LogP contribution in [-0.2, 0) is 13.0 Å². The molecule has 2 fully saturated rings. The molecule has 2 aliphatic heterocycles. The molecule has 0 radical (unpaired) electrons. The molecule has 33 heavy (non-hydrogen) atoms. The van der Waals surface area contributed by atoms with Gasteiger partial charge in [-0.1, -0.05) is 30.7 Å². The highest BCUT2D eigenvalue weighted by Crippen LogP contribution is 2.32. The number of nitrogens with zero attached hydrogens (tertiary/aromatic N) is 3. The van der Waals surface area contributed by atoms with Crippen molar-refractivity contribution >= 4 is 33.2 Å². The first-order valence-corrected chi connectivity index (χ1v) is 13.3. The van der Waals surface area contributed by atoms with E-state index in [1.165, 1.54) is 21.8 Å². The van der Waals surface area contributed by atoms with Crippen LogP contribution in [0.2, 0.25) is 5.02 Å². The first kappa shape index (κ1) is 24.9. The van der Waals surface area contributed by atoms with Gasteiger partial charge in [0, 0.05) is 53.3 Å². The van der Waals surface area contributed by atoms with Crippen molar-refractivity contribution in [2.45, 2.75) is 51.2 Å². The molecular weight excluding hydrogens is 503 g/mol. The lowest BCUT2D eigenvalue weighted by molar-refractivity contribution is 0.0609. The van der Waals surface area contributed by atoms with E-state index >= 15 is 0 Å². The lowest BCUT2D eigenvalue weighted by Gasteiger charge is -2.48. The molecule has 2 aromatic rings. The van der Waals surface area contributed by atoms with Crippen molar-refractivity contribution in [3.8, 4) is 0 Å². The van der Waals surface area contributed by atoms with Crippen molar-refractivity contribution < 1.29 is 4.39 Å². The number of piperazine rings is 1. The highest BCUT2D eigenvalue weighted by Gasteiger charge is 2.33. The zero-order valence-corrected chi connectivity index (χ0v) is 21.8. The van der Waals surface area contributed by atoms with Gasteiger partial charge >= 0.3 is 0 Å². The second-order valence-corrected chi connectivity index (χ2v) is 10.6. The van der Waals surface area contributed by atoms with Crippen molar-refractivity contribution in [1.82, 2.24) is 9.80 Å². The number of hydrogen-bond acceptors (Lipinski definition) is 4. The van der Waals surface area contributed by atoms with E-state index in [1.807, 2.05) is 6.07 Å². The fourth-order valence-electron chi connectivity index (χ4n) is 5.36. The number of nitrogens with two attached hydrogens (primary N) is 1. The molecule has 0 aromatic heterocycles. The maximum atomic E-state index is 14.2. The number of piperidine rings is 1. The molecule has 0 saturated carbocycles. The van der Waals surface area contributed by atoms with Crippen LogP contribution in [0.1, 0.15) is 37.3 Å². The number of halogens is 3. The molecule has 0 amide bonds. The predicted molar refractivity (Wildman–Crippen MR) is 140 cm³/mol. The van der Waals surface area contributed by atoms with Crippen LogP contribution >= 0.6 is 27.5 Å². The van der Waals surface area contributed by atoms with Gasteiger partial charge in [-0.15, -0.1) is 0 Å². The van der Waals surface area contributed by atoms with Gasteiger partial charge in [0.05, 0.1) is 5.69 Å². The number of likely N-dealkylation sites (tertiary alicyclic amines) is 1. The summed E-state index contributed by atoms with van der Waals surface area (Å²) in [5.74, 6) is -0.200. The average molecular weight is 538 g/mol. The molecule has 4 nitrogen and oxygen atoms in total. The minimum absolute atomic E-state index is 0.200. The summed E-state index contributed by atoms with van der Waals surface area (Å²) in [6.45, 7) is 8.85. The minimum atomic E-state index is -0.200. The van der Waals surface area contributed by atoms with E-state index in [-0.39, 0.29) is 5.82 Å². The maximum Gasteiger partial charge on any atom is 0.129 e. The van der Waals surface area contributed by atoms with Gasteiger partial charge in [0.1, 0.15) is 5.82 Å². The zero-order chi connectivity index (χ0) is 23.4. The van der Waals surface area contributed by atoms with Gasteiger partial charge in [0.2, 0.25) is 0 Å². The first-order valence-electron chi connectivity index (χ1n) is 12.1. The van der Waals surface area contributed by atoms with Crippen LogP contribution < -0.4 is 10.6 Å². The van der Waals surface area contributed by atoms with E-state index in [0.717, 1.165) is 64.0 Å². The molecule has 0 bridgehead atoms. The Morgan fingerprint density at radius 3 is 2.55 bits per heavy atom. The van der Waals surface area contributed by atoms with Gasteiger partial charge in [-0.05, 0) is 91.1 Å². The highest BCUT2D eigenvalue weighted by atomic mass is 79.9. The molecule has 2 N–H and O–H groups in total. The van der Waals surface area contributed by atoms with Gasteiger partial charge in [0.25, 0.3) is 0 Å². The van der Waals surface area contributed by atoms with Gasteiger partial charge in [-0.3, -0.25) is 9.80 Å². The summed E-state index contributed by atoms with van der Waals surface area (Å²) in [7, 11) is 0. The Labute approximate surface area is 211 Å². The molecule has 4 rings (SSSR count). The first-order chi connectivity index (χ1) is 16.0. The summed E-state index contributed by atoms with van der Waals surface area (Å²) in [6, 6.07) is 12.8. The molecule has 0 unspecified atom stereocenters. The summed E-state index contributed by atoms with van der Waals surface area (Å²) < 4.78 is 15.4. The second kappa shape index (κ2) is 11.5. The van der Waals surface area contributed by atoms with Crippen LogP contribution in [0.4, 0.5) is 10.1 Å². The zero-order valence-electron chi connectivity index (χ0n) is 19.4. The quantitative estimate of drug-likeness (QED) is 0.519. The second-order valence-electron chi connectivity index (χ2n) is 9.31. The Kier molecular flexibility index (Phi) is 8.69. The Hall–Kier alpha value is -1.18. The van der Waals surface area contributed by atoms with Crippen molar-refractivity contribution in [3.63, 3.8) is 0 Å². The highest BCUT2D eigenvalue weighted by molar-refractivity contribution is 9.10. The van der Waals surface area contributed by atoms with E-state index in [0.29, 0.717) is 30.2 Å². The average Bonchev–Trinajstić information content (AvgIpc) is 2.81. The Bertz CT molecular complexity index is 935. The van der Waals surface area contributed by atoms with E-state index < -0.39 is 0 Å². The van der Waals surface area contributed by atoms with E-state index in [9.17, 15) is 4.39 Å². The van der Waals surface area contributed by atoms with Crippen LogP contribution in [-0.4, -0.2) is 61.2 Å². The number of benzene rings is 2. The monoisotopic (exact) mass is 536 g/mol. The summed E-state index contributed by atoms with van der Waals surface area (Å²) >= 11 is 9.69. The van der Waals surface area contributed by atoms with Crippen LogP contribution in [0.5, 0.6) is 0 Å². The number of hydrogen-bond donors (Lipinski definition) is 1. The van der Waals surface area contributed by atoms with Gasteiger partial charge in [-0.25, -0.2) is 4.39 Å². The lowest BCUT2D eigenvalue weighted by atomic mass is 9.97. The van der Waals surface area contributed by atoms with Crippen LogP contribution in [0.25, 0.3) is 0 Å². The smallest absolute Gasteiger partial charge is 0.129 e. The molecule has 2 heterocycles. The molecule has 2 saturated heterocycles. The van der Waals surface area contributed by atoms with Crippen LogP contribution in [0.15, 0.2) is 40.9 Å². The summed E-state index contributed by atoms with van der Waals surface area (Å²) in [6.07, 6.45) is 4.34. The van der Waals surface area contributed by atoms with Gasteiger partial charge in [0.15, 0.2) is 0 Å². The van der Waals surface area contributed by atoms with E-state index in [2.05, 4.69) is 55.8 Å². The lowest BCUT2D eigenvalue weighted by Crippen LogP contribution is -2.58. The van der Waals surface area contributed by atoms with Crippen LogP contribution in [0, 0.1) is 5.82 Å². The van der Waals surface area contributed by atoms with Gasteiger partial charge in [-0.2, -0.15) is 0 Å². The third-order valence-corrected chi connectivity index (χ3v) is 8.09. The Balaban J connectivity index is 1.33. The summed E-state index contributed by atoms with van der Waals surface area (Å²) in [5, 5.41) is 0.457. The molecule has 180 valence electrons. The fourth-order valence-corrected chi connectivity index (χ4v) is 6.20. The predicted octanol–water partition coefficient (Wildman–Crippen LogP) is 5.31. The maximum absolute atomic E-state index is 14.2. The molecular formula is C26H35BrClFN4. The molecule has 0 aliphatic carbocycles. The Morgan fingerprint density at radius 1 is 1.09 bits per heavy atom. The van der Waals surface area contributed by atoms with Crippen LogP contribution in [0.3, 0.4) is 0 Å². The van der Waals surface area contributed by atoms with Gasteiger partial charge < -0.3 is 10.6 Å². The molecule has 1 atom stereocenters. The molecule has 7 heteroatoms. The molecule has 2 aromatic carbocycles. The fraction of sp³-hybridized carbons (Fsp3) is 0.538. The minimum Gasteiger partial charge on any atom is -0.368 e. The summed E-state index contributed by atoms with van der Waals surface area (Å²) in [4.78, 5) is 7.65. The third kappa shape index (κ3) is 6.09. The molecule has 0 spiro atoms. The topological polar surface area (TPSA) is 35.7 Å². The standard InChI is InChI=1S/C26H35BrClFN4/c1-2-22-18-32(26-6-3-19(7-10-30)15-24(26)27)13-14-33(22)23-8-11-31(12-9-23)17-20-4-5-21(28)16-25(20)29/h3-6,15-16,22-23H,2,7-14,17-18,30H2,1H3/t22-/m0/s1. The number of rotatable bonds is 7. The number of anilines is 1. The largest absolute Gasteiger partial charge is 0.368 e. The normalized spacial score (nSPS) is 21.0. The molecule has 2 aliphatic rings. The van der Waals surface area contributed by atoms with Crippen molar-refractivity contribution in [1.29, 1.82) is 0 Å². The van der Waals surface area contributed by atoms with E-state index in [1.54, 1.807) is 6.07 Å². The van der Waals surface area contributed by atoms with Crippen molar-refractivity contribution in [3.05, 3.63) is 62.8 Å². The Morgan fingerprint density at radius 2 is 1.88 bits per heavy atom. The van der Waals surface area contributed by atoms with Crippen molar-refractivity contribution in [2.24, 2.45) is 5.73 Å². The van der Waals surface area contributed by atoms with E-state index in [4.69, 9.17) is 17.3 Å².